The van der Waals surface area contributed by atoms with Crippen molar-refractivity contribution in [3.63, 3.8) is 0 Å². The second-order valence-electron chi connectivity index (χ2n) is 9.06. The van der Waals surface area contributed by atoms with E-state index in [1.165, 1.54) is 5.56 Å². The number of nitrogens with one attached hydrogen (secondary N) is 1. The van der Waals surface area contributed by atoms with Gasteiger partial charge in [-0.15, -0.1) is 0 Å². The summed E-state index contributed by atoms with van der Waals surface area (Å²) in [5.41, 5.74) is 4.80. The minimum atomic E-state index is -0.829. The molecular weight excluding hydrogens is 452 g/mol. The quantitative estimate of drug-likeness (QED) is 0.337. The second-order valence-corrected chi connectivity index (χ2v) is 9.06. The Hall–Kier alpha value is -4.26. The third kappa shape index (κ3) is 5.20. The SMILES string of the molecule is O=C(O)CCCNc1nc2cc(C(=O)N3CCC(c4ccccc4)C3)ccc2nc1-c1ccccc1. The average Bonchev–Trinajstić information content (AvgIpc) is 3.41. The molecule has 5 rings (SSSR count). The summed E-state index contributed by atoms with van der Waals surface area (Å²) in [5.74, 6) is 0.101. The first-order valence-electron chi connectivity index (χ1n) is 12.3. The molecule has 0 aliphatic carbocycles. The average molecular weight is 481 g/mol. The lowest BCUT2D eigenvalue weighted by Gasteiger charge is -2.17. The lowest BCUT2D eigenvalue weighted by atomic mass is 9.99. The summed E-state index contributed by atoms with van der Waals surface area (Å²) in [6, 6.07) is 25.6. The van der Waals surface area contributed by atoms with E-state index in [2.05, 4.69) is 17.4 Å². The van der Waals surface area contributed by atoms with Gasteiger partial charge >= 0.3 is 5.97 Å². The molecule has 1 atom stereocenters. The van der Waals surface area contributed by atoms with E-state index in [1.807, 2.05) is 65.6 Å². The monoisotopic (exact) mass is 480 g/mol. The van der Waals surface area contributed by atoms with Crippen LogP contribution in [0.1, 0.15) is 41.1 Å². The number of carboxylic acid groups (broad SMARTS) is 1. The number of amides is 1. The molecule has 0 spiro atoms. The molecule has 2 heterocycles. The van der Waals surface area contributed by atoms with E-state index in [0.29, 0.717) is 53.5 Å². The second kappa shape index (κ2) is 10.6. The molecule has 182 valence electrons. The van der Waals surface area contributed by atoms with Crippen LogP contribution in [0.4, 0.5) is 5.82 Å². The van der Waals surface area contributed by atoms with E-state index in [-0.39, 0.29) is 12.3 Å². The van der Waals surface area contributed by atoms with Gasteiger partial charge in [-0.1, -0.05) is 60.7 Å². The van der Waals surface area contributed by atoms with Crippen LogP contribution in [0.3, 0.4) is 0 Å². The van der Waals surface area contributed by atoms with Crippen molar-refractivity contribution in [2.45, 2.75) is 25.2 Å². The predicted octanol–water partition coefficient (Wildman–Crippen LogP) is 5.20. The van der Waals surface area contributed by atoms with Crippen molar-refractivity contribution >= 4 is 28.7 Å². The fourth-order valence-electron chi connectivity index (χ4n) is 4.68. The van der Waals surface area contributed by atoms with Crippen LogP contribution in [-0.2, 0) is 4.79 Å². The zero-order valence-electron chi connectivity index (χ0n) is 19.9. The van der Waals surface area contributed by atoms with E-state index >= 15 is 0 Å². The van der Waals surface area contributed by atoms with E-state index < -0.39 is 5.97 Å². The zero-order valence-corrected chi connectivity index (χ0v) is 19.9. The Bertz CT molecular complexity index is 1380. The van der Waals surface area contributed by atoms with Crippen LogP contribution in [0.2, 0.25) is 0 Å². The summed E-state index contributed by atoms with van der Waals surface area (Å²) >= 11 is 0. The first-order valence-corrected chi connectivity index (χ1v) is 12.3. The highest BCUT2D eigenvalue weighted by atomic mass is 16.4. The number of hydrogen-bond donors (Lipinski definition) is 2. The lowest BCUT2D eigenvalue weighted by Crippen LogP contribution is -2.28. The van der Waals surface area contributed by atoms with Crippen LogP contribution >= 0.6 is 0 Å². The number of aliphatic carboxylic acids is 1. The predicted molar refractivity (Wildman–Crippen MR) is 140 cm³/mol. The topological polar surface area (TPSA) is 95.4 Å². The number of nitrogens with zero attached hydrogens (tertiary/aromatic N) is 3. The molecule has 7 nitrogen and oxygen atoms in total. The van der Waals surface area contributed by atoms with Crippen molar-refractivity contribution in [2.75, 3.05) is 25.0 Å². The van der Waals surface area contributed by atoms with Crippen molar-refractivity contribution < 1.29 is 14.7 Å². The number of likely N-dealkylation sites (tertiary alicyclic amines) is 1. The van der Waals surface area contributed by atoms with Crippen molar-refractivity contribution in [2.24, 2.45) is 0 Å². The van der Waals surface area contributed by atoms with Gasteiger partial charge in [0.05, 0.1) is 11.0 Å². The Morgan fingerprint density at radius 3 is 2.44 bits per heavy atom. The number of carbonyl (C=O) groups excluding carboxylic acids is 1. The van der Waals surface area contributed by atoms with Gasteiger partial charge in [0, 0.05) is 43.1 Å². The summed E-state index contributed by atoms with van der Waals surface area (Å²) in [6.07, 6.45) is 1.50. The third-order valence-electron chi connectivity index (χ3n) is 6.56. The first kappa shape index (κ1) is 23.5. The Kier molecular flexibility index (Phi) is 6.89. The molecule has 1 aliphatic heterocycles. The van der Waals surface area contributed by atoms with Gasteiger partial charge in [0.2, 0.25) is 0 Å². The lowest BCUT2D eigenvalue weighted by molar-refractivity contribution is -0.137. The number of benzene rings is 3. The van der Waals surface area contributed by atoms with Crippen LogP contribution in [-0.4, -0.2) is 51.5 Å². The minimum Gasteiger partial charge on any atom is -0.481 e. The van der Waals surface area contributed by atoms with E-state index in [0.717, 1.165) is 18.5 Å². The fraction of sp³-hybridized carbons (Fsp3) is 0.241. The van der Waals surface area contributed by atoms with Crippen molar-refractivity contribution in [3.05, 3.63) is 90.0 Å². The van der Waals surface area contributed by atoms with Crippen LogP contribution in [0.5, 0.6) is 0 Å². The summed E-state index contributed by atoms with van der Waals surface area (Å²) in [4.78, 5) is 35.8. The van der Waals surface area contributed by atoms with Crippen LogP contribution < -0.4 is 5.32 Å². The van der Waals surface area contributed by atoms with Gasteiger partial charge < -0.3 is 15.3 Å². The molecule has 1 aromatic heterocycles. The maximum Gasteiger partial charge on any atom is 0.303 e. The molecule has 2 N–H and O–H groups in total. The van der Waals surface area contributed by atoms with Crippen molar-refractivity contribution in [3.8, 4) is 11.3 Å². The van der Waals surface area contributed by atoms with Crippen molar-refractivity contribution in [1.29, 1.82) is 0 Å². The van der Waals surface area contributed by atoms with E-state index in [9.17, 15) is 9.59 Å². The molecule has 1 saturated heterocycles. The highest BCUT2D eigenvalue weighted by Gasteiger charge is 2.28. The van der Waals surface area contributed by atoms with E-state index in [4.69, 9.17) is 15.1 Å². The molecule has 0 bridgehead atoms. The molecule has 1 fully saturated rings. The van der Waals surface area contributed by atoms with Gasteiger partial charge in [0.15, 0.2) is 5.82 Å². The molecule has 1 amide bonds. The van der Waals surface area contributed by atoms with Crippen LogP contribution in [0, 0.1) is 0 Å². The molecule has 0 radical (unpaired) electrons. The summed E-state index contributed by atoms with van der Waals surface area (Å²) in [6.45, 7) is 1.89. The van der Waals surface area contributed by atoms with Crippen LogP contribution in [0.15, 0.2) is 78.9 Å². The molecule has 7 heteroatoms. The summed E-state index contributed by atoms with van der Waals surface area (Å²) in [7, 11) is 0. The highest BCUT2D eigenvalue weighted by molar-refractivity contribution is 5.98. The fourth-order valence-corrected chi connectivity index (χ4v) is 4.68. The zero-order chi connectivity index (χ0) is 24.9. The minimum absolute atomic E-state index is 0.000217. The Morgan fingerprint density at radius 2 is 1.69 bits per heavy atom. The Morgan fingerprint density at radius 1 is 0.944 bits per heavy atom. The normalized spacial score (nSPS) is 15.2. The number of carbonyl (C=O) groups is 2. The number of anilines is 1. The molecule has 0 saturated carbocycles. The van der Waals surface area contributed by atoms with Gasteiger partial charge in [-0.05, 0) is 36.6 Å². The van der Waals surface area contributed by atoms with Gasteiger partial charge in [-0.3, -0.25) is 9.59 Å². The molecule has 1 unspecified atom stereocenters. The maximum atomic E-state index is 13.3. The van der Waals surface area contributed by atoms with Gasteiger partial charge in [0.25, 0.3) is 5.91 Å². The maximum absolute atomic E-state index is 13.3. The summed E-state index contributed by atoms with van der Waals surface area (Å²) < 4.78 is 0. The Labute approximate surface area is 209 Å². The van der Waals surface area contributed by atoms with E-state index in [1.54, 1.807) is 6.07 Å². The smallest absolute Gasteiger partial charge is 0.303 e. The third-order valence-corrected chi connectivity index (χ3v) is 6.56. The molecule has 1 aliphatic rings. The molecule has 36 heavy (non-hydrogen) atoms. The number of fused-ring (bicyclic) bond motifs is 1. The Balaban J connectivity index is 1.40. The largest absolute Gasteiger partial charge is 0.481 e. The number of carboxylic acids is 1. The summed E-state index contributed by atoms with van der Waals surface area (Å²) in [5, 5.41) is 12.2. The van der Waals surface area contributed by atoms with Gasteiger partial charge in [-0.25, -0.2) is 9.97 Å². The number of rotatable bonds is 8. The van der Waals surface area contributed by atoms with Gasteiger partial charge in [0.1, 0.15) is 5.69 Å². The number of aromatic nitrogens is 2. The molecular formula is C29H28N4O3. The standard InChI is InChI=1S/C29H28N4O3/c34-26(35)12-7-16-30-28-27(21-10-5-2-6-11-21)31-24-14-13-22(18-25(24)32-28)29(36)33-17-15-23(19-33)20-8-3-1-4-9-20/h1-6,8-11,13-14,18,23H,7,12,15-17,19H2,(H,30,32)(H,34,35). The van der Waals surface area contributed by atoms with Crippen molar-refractivity contribution in [1.82, 2.24) is 14.9 Å². The highest BCUT2D eigenvalue weighted by Crippen LogP contribution is 2.30. The van der Waals surface area contributed by atoms with Crippen LogP contribution in [0.25, 0.3) is 22.3 Å². The van der Waals surface area contributed by atoms with Gasteiger partial charge in [-0.2, -0.15) is 0 Å². The molecule has 3 aromatic carbocycles. The first-order chi connectivity index (χ1) is 17.6. The number of hydrogen-bond acceptors (Lipinski definition) is 5. The molecule has 4 aromatic rings.